The Bertz CT molecular complexity index is 829. The molecule has 0 aromatic heterocycles. The standard InChI is InChI=1S/C20H24ClN3O5/c1-24(11-14-5-4-6-17(27-2)20(14)28-3)12-18(25)22-23-19(26)13-29-16-9-7-15(21)8-10-16/h4-10H,11-13H2,1-3H3,(H,22,25)(H,23,26). The van der Waals surface area contributed by atoms with Gasteiger partial charge < -0.3 is 14.2 Å². The number of hydrazine groups is 1. The van der Waals surface area contributed by atoms with Gasteiger partial charge in [0.2, 0.25) is 0 Å². The largest absolute Gasteiger partial charge is 0.493 e. The van der Waals surface area contributed by atoms with Crippen LogP contribution >= 0.6 is 11.6 Å². The normalized spacial score (nSPS) is 10.4. The molecule has 2 N–H and O–H groups in total. The molecule has 2 aromatic carbocycles. The zero-order valence-electron chi connectivity index (χ0n) is 16.5. The fraction of sp³-hybridized carbons (Fsp3) is 0.300. The first-order chi connectivity index (χ1) is 13.9. The number of methoxy groups -OCH3 is 2. The van der Waals surface area contributed by atoms with Crippen molar-refractivity contribution in [2.24, 2.45) is 0 Å². The first-order valence-corrected chi connectivity index (χ1v) is 9.15. The fourth-order valence-corrected chi connectivity index (χ4v) is 2.69. The third-order valence-electron chi connectivity index (χ3n) is 3.86. The molecule has 29 heavy (non-hydrogen) atoms. The zero-order chi connectivity index (χ0) is 21.2. The number of hydrogen-bond acceptors (Lipinski definition) is 6. The van der Waals surface area contributed by atoms with Crippen molar-refractivity contribution in [2.75, 3.05) is 34.4 Å². The SMILES string of the molecule is COc1cccc(CN(C)CC(=O)NNC(=O)COc2ccc(Cl)cc2)c1OC. The Morgan fingerprint density at radius 1 is 1.00 bits per heavy atom. The molecule has 0 unspecified atom stereocenters. The highest BCUT2D eigenvalue weighted by molar-refractivity contribution is 6.30. The molecule has 0 fully saturated rings. The van der Waals surface area contributed by atoms with Crippen LogP contribution in [-0.2, 0) is 16.1 Å². The lowest BCUT2D eigenvalue weighted by molar-refractivity contribution is -0.130. The molecule has 0 atom stereocenters. The van der Waals surface area contributed by atoms with Crippen molar-refractivity contribution in [3.8, 4) is 17.2 Å². The third kappa shape index (κ3) is 7.17. The Balaban J connectivity index is 1.75. The molecule has 0 aliphatic carbocycles. The maximum Gasteiger partial charge on any atom is 0.276 e. The van der Waals surface area contributed by atoms with E-state index in [0.717, 1.165) is 5.56 Å². The number of ether oxygens (including phenoxy) is 3. The summed E-state index contributed by atoms with van der Waals surface area (Å²) in [5, 5.41) is 0.574. The van der Waals surface area contributed by atoms with E-state index in [0.29, 0.717) is 28.8 Å². The molecule has 0 radical (unpaired) electrons. The average Bonchev–Trinajstić information content (AvgIpc) is 2.71. The smallest absolute Gasteiger partial charge is 0.276 e. The lowest BCUT2D eigenvalue weighted by Crippen LogP contribution is -2.47. The van der Waals surface area contributed by atoms with E-state index in [1.54, 1.807) is 56.5 Å². The van der Waals surface area contributed by atoms with Gasteiger partial charge in [-0.2, -0.15) is 0 Å². The van der Waals surface area contributed by atoms with E-state index in [1.165, 1.54) is 0 Å². The molecule has 0 spiro atoms. The highest BCUT2D eigenvalue weighted by Crippen LogP contribution is 2.31. The molecule has 2 rings (SSSR count). The summed E-state index contributed by atoms with van der Waals surface area (Å²) in [7, 11) is 4.91. The minimum atomic E-state index is -0.481. The Hall–Kier alpha value is -2.97. The van der Waals surface area contributed by atoms with Gasteiger partial charge in [0.25, 0.3) is 11.8 Å². The second-order valence-electron chi connectivity index (χ2n) is 6.16. The van der Waals surface area contributed by atoms with Crippen molar-refractivity contribution in [1.29, 1.82) is 0 Å². The van der Waals surface area contributed by atoms with Crippen molar-refractivity contribution >= 4 is 23.4 Å². The van der Waals surface area contributed by atoms with Crippen LogP contribution in [0.25, 0.3) is 0 Å². The van der Waals surface area contributed by atoms with Crippen molar-refractivity contribution in [3.63, 3.8) is 0 Å². The fourth-order valence-electron chi connectivity index (χ4n) is 2.56. The second-order valence-corrected chi connectivity index (χ2v) is 6.60. The van der Waals surface area contributed by atoms with Gasteiger partial charge in [0.15, 0.2) is 18.1 Å². The van der Waals surface area contributed by atoms with E-state index in [1.807, 2.05) is 12.1 Å². The average molecular weight is 422 g/mol. The molecule has 2 amide bonds. The second kappa shape index (κ2) is 11.1. The quantitative estimate of drug-likeness (QED) is 0.602. The molecule has 0 saturated carbocycles. The van der Waals surface area contributed by atoms with Gasteiger partial charge in [-0.25, -0.2) is 0 Å². The summed E-state index contributed by atoms with van der Waals surface area (Å²) in [6, 6.07) is 12.2. The van der Waals surface area contributed by atoms with Gasteiger partial charge in [-0.1, -0.05) is 23.7 Å². The van der Waals surface area contributed by atoms with Crippen LogP contribution in [0.1, 0.15) is 5.56 Å². The Morgan fingerprint density at radius 3 is 2.34 bits per heavy atom. The molecule has 2 aromatic rings. The monoisotopic (exact) mass is 421 g/mol. The summed E-state index contributed by atoms with van der Waals surface area (Å²) in [5.74, 6) is 0.896. The first kappa shape index (κ1) is 22.3. The molecule has 0 saturated heterocycles. The van der Waals surface area contributed by atoms with Gasteiger partial charge in [0.05, 0.1) is 20.8 Å². The maximum atomic E-state index is 12.1. The van der Waals surface area contributed by atoms with Crippen LogP contribution in [0.4, 0.5) is 0 Å². The summed E-state index contributed by atoms with van der Waals surface area (Å²) in [6.45, 7) is 0.291. The van der Waals surface area contributed by atoms with Crippen LogP contribution in [0.3, 0.4) is 0 Å². The third-order valence-corrected chi connectivity index (χ3v) is 4.12. The number of para-hydroxylation sites is 1. The number of carbonyl (C=O) groups excluding carboxylic acids is 2. The molecular formula is C20H24ClN3O5. The van der Waals surface area contributed by atoms with Gasteiger partial charge in [0, 0.05) is 17.1 Å². The van der Waals surface area contributed by atoms with E-state index >= 15 is 0 Å². The number of halogens is 1. The van der Waals surface area contributed by atoms with Crippen LogP contribution in [0, 0.1) is 0 Å². The Labute approximate surface area is 174 Å². The number of nitrogens with zero attached hydrogens (tertiary/aromatic N) is 1. The highest BCUT2D eigenvalue weighted by atomic mass is 35.5. The summed E-state index contributed by atoms with van der Waals surface area (Å²) < 4.78 is 16.0. The number of hydrogen-bond donors (Lipinski definition) is 2. The lowest BCUT2D eigenvalue weighted by Gasteiger charge is -2.19. The van der Waals surface area contributed by atoms with Crippen LogP contribution in [0.15, 0.2) is 42.5 Å². The minimum Gasteiger partial charge on any atom is -0.493 e. The minimum absolute atomic E-state index is 0.0681. The van der Waals surface area contributed by atoms with Gasteiger partial charge in [-0.15, -0.1) is 0 Å². The summed E-state index contributed by atoms with van der Waals surface area (Å²) in [5.41, 5.74) is 5.55. The van der Waals surface area contributed by atoms with E-state index in [4.69, 9.17) is 25.8 Å². The highest BCUT2D eigenvalue weighted by Gasteiger charge is 2.14. The van der Waals surface area contributed by atoms with Crippen LogP contribution in [-0.4, -0.2) is 51.1 Å². The van der Waals surface area contributed by atoms with Gasteiger partial charge in [-0.3, -0.25) is 25.3 Å². The van der Waals surface area contributed by atoms with E-state index in [2.05, 4.69) is 10.9 Å². The molecule has 156 valence electrons. The number of nitrogens with one attached hydrogen (secondary N) is 2. The number of likely N-dealkylation sites (N-methyl/N-ethyl adjacent to an activating group) is 1. The maximum absolute atomic E-state index is 12.1. The number of carbonyl (C=O) groups is 2. The van der Waals surface area contributed by atoms with Gasteiger partial charge in [0.1, 0.15) is 5.75 Å². The Kier molecular flexibility index (Phi) is 8.57. The molecule has 0 aliphatic rings. The van der Waals surface area contributed by atoms with Crippen molar-refractivity contribution in [1.82, 2.24) is 15.8 Å². The Morgan fingerprint density at radius 2 is 1.69 bits per heavy atom. The van der Waals surface area contributed by atoms with Crippen LogP contribution < -0.4 is 25.1 Å². The zero-order valence-corrected chi connectivity index (χ0v) is 17.3. The summed E-state index contributed by atoms with van der Waals surface area (Å²) in [4.78, 5) is 25.6. The van der Waals surface area contributed by atoms with Crippen LogP contribution in [0.2, 0.25) is 5.02 Å². The van der Waals surface area contributed by atoms with Crippen molar-refractivity contribution < 1.29 is 23.8 Å². The van der Waals surface area contributed by atoms with Crippen molar-refractivity contribution in [2.45, 2.75) is 6.54 Å². The topological polar surface area (TPSA) is 89.1 Å². The van der Waals surface area contributed by atoms with E-state index in [9.17, 15) is 9.59 Å². The molecular weight excluding hydrogens is 398 g/mol. The summed E-state index contributed by atoms with van der Waals surface area (Å²) in [6.07, 6.45) is 0. The van der Waals surface area contributed by atoms with Crippen molar-refractivity contribution in [3.05, 3.63) is 53.1 Å². The molecule has 0 aliphatic heterocycles. The molecule has 0 heterocycles. The number of benzene rings is 2. The van der Waals surface area contributed by atoms with E-state index in [-0.39, 0.29) is 19.1 Å². The molecule has 9 heteroatoms. The van der Waals surface area contributed by atoms with E-state index < -0.39 is 5.91 Å². The van der Waals surface area contributed by atoms with Crippen LogP contribution in [0.5, 0.6) is 17.2 Å². The summed E-state index contributed by atoms with van der Waals surface area (Å²) >= 11 is 5.78. The molecule has 0 bridgehead atoms. The number of rotatable bonds is 9. The first-order valence-electron chi connectivity index (χ1n) is 8.77. The van der Waals surface area contributed by atoms with Gasteiger partial charge in [-0.05, 0) is 37.4 Å². The predicted molar refractivity (Wildman–Crippen MR) is 109 cm³/mol. The lowest BCUT2D eigenvalue weighted by atomic mass is 10.1. The molecule has 8 nitrogen and oxygen atoms in total. The van der Waals surface area contributed by atoms with Gasteiger partial charge >= 0.3 is 0 Å². The number of amides is 2. The predicted octanol–water partition coefficient (Wildman–Crippen LogP) is 2.02.